The smallest absolute Gasteiger partial charge is 0.338 e. The average molecular weight is 341 g/mol. The summed E-state index contributed by atoms with van der Waals surface area (Å²) in [7, 11) is 1.21. The largest absolute Gasteiger partial charge is 0.480 e. The van der Waals surface area contributed by atoms with Crippen LogP contribution in [0, 0.1) is 17.0 Å². The highest BCUT2D eigenvalue weighted by Crippen LogP contribution is 2.29. The number of carbonyl (C=O) groups excluding carboxylic acids is 1. The quantitative estimate of drug-likeness (QED) is 0.402. The van der Waals surface area contributed by atoms with Crippen molar-refractivity contribution >= 4 is 17.3 Å². The molecule has 0 bridgehead atoms. The lowest BCUT2D eigenvalue weighted by atomic mass is 10.2. The van der Waals surface area contributed by atoms with Crippen LogP contribution < -0.4 is 4.74 Å². The molecule has 1 aromatic carbocycles. The number of benzene rings is 1. The number of hydrogen-bond acceptors (Lipinski definition) is 6. The Balaban J connectivity index is 1.85. The third kappa shape index (κ3) is 3.27. The number of esters is 1. The summed E-state index contributed by atoms with van der Waals surface area (Å²) in [5.41, 5.74) is 2.24. The predicted molar refractivity (Wildman–Crippen MR) is 88.7 cm³/mol. The molecule has 2 aromatic heterocycles. The van der Waals surface area contributed by atoms with Crippen molar-refractivity contribution in [2.75, 3.05) is 7.11 Å². The van der Waals surface area contributed by atoms with Crippen molar-refractivity contribution in [3.63, 3.8) is 0 Å². The van der Waals surface area contributed by atoms with Gasteiger partial charge in [0.1, 0.15) is 12.3 Å². The number of hydrogen-bond donors (Lipinski definition) is 0. The number of pyridine rings is 1. The van der Waals surface area contributed by atoms with Gasteiger partial charge in [-0.15, -0.1) is 0 Å². The topological polar surface area (TPSA) is 96.0 Å². The van der Waals surface area contributed by atoms with Gasteiger partial charge in [0.15, 0.2) is 5.75 Å². The van der Waals surface area contributed by atoms with Crippen LogP contribution in [0.3, 0.4) is 0 Å². The summed E-state index contributed by atoms with van der Waals surface area (Å²) in [4.78, 5) is 26.6. The Hall–Kier alpha value is -3.42. The number of rotatable bonds is 5. The fourth-order valence-electron chi connectivity index (χ4n) is 2.45. The zero-order valence-electron chi connectivity index (χ0n) is 13.6. The van der Waals surface area contributed by atoms with Crippen molar-refractivity contribution in [3.8, 4) is 5.75 Å². The predicted octanol–water partition coefficient (Wildman–Crippen LogP) is 2.92. The van der Waals surface area contributed by atoms with Crippen LogP contribution in [0.4, 0.5) is 5.69 Å². The van der Waals surface area contributed by atoms with Crippen LogP contribution in [0.15, 0.2) is 42.7 Å². The SMILES string of the molecule is COC(=O)c1ccc(OCc2cn3cccc(C)c3n2)c([N+](=O)[O-])c1. The summed E-state index contributed by atoms with van der Waals surface area (Å²) in [6.07, 6.45) is 3.67. The Labute approximate surface area is 142 Å². The van der Waals surface area contributed by atoms with Gasteiger partial charge in [-0.1, -0.05) is 6.07 Å². The second-order valence-corrected chi connectivity index (χ2v) is 5.37. The van der Waals surface area contributed by atoms with E-state index in [4.69, 9.17) is 4.74 Å². The number of methoxy groups -OCH3 is 1. The van der Waals surface area contributed by atoms with Gasteiger partial charge in [0.25, 0.3) is 0 Å². The maximum atomic E-state index is 11.5. The number of aryl methyl sites for hydroxylation is 1. The summed E-state index contributed by atoms with van der Waals surface area (Å²) in [6.45, 7) is 2.02. The van der Waals surface area contributed by atoms with Crippen molar-refractivity contribution < 1.29 is 19.2 Å². The second-order valence-electron chi connectivity index (χ2n) is 5.37. The summed E-state index contributed by atoms with van der Waals surface area (Å²) in [5.74, 6) is -0.586. The third-order valence-electron chi connectivity index (χ3n) is 3.68. The number of carbonyl (C=O) groups is 1. The monoisotopic (exact) mass is 341 g/mol. The van der Waals surface area contributed by atoms with E-state index in [1.807, 2.05) is 29.7 Å². The molecule has 0 aliphatic rings. The van der Waals surface area contributed by atoms with Gasteiger partial charge in [-0.2, -0.15) is 0 Å². The van der Waals surface area contributed by atoms with Crippen LogP contribution in [0.5, 0.6) is 5.75 Å². The van der Waals surface area contributed by atoms with Crippen LogP contribution in [-0.4, -0.2) is 27.4 Å². The summed E-state index contributed by atoms with van der Waals surface area (Å²) in [5, 5.41) is 11.2. The van der Waals surface area contributed by atoms with Crippen molar-refractivity contribution in [2.24, 2.45) is 0 Å². The zero-order chi connectivity index (χ0) is 18.0. The maximum Gasteiger partial charge on any atom is 0.338 e. The Bertz CT molecular complexity index is 964. The van der Waals surface area contributed by atoms with Crippen molar-refractivity contribution in [3.05, 3.63) is 69.7 Å². The van der Waals surface area contributed by atoms with E-state index in [1.54, 1.807) is 6.20 Å². The van der Waals surface area contributed by atoms with E-state index in [0.717, 1.165) is 17.3 Å². The number of nitro benzene ring substituents is 1. The van der Waals surface area contributed by atoms with E-state index in [1.165, 1.54) is 19.2 Å². The Morgan fingerprint density at radius 1 is 1.36 bits per heavy atom. The van der Waals surface area contributed by atoms with E-state index in [0.29, 0.717) is 5.69 Å². The molecule has 0 fully saturated rings. The first-order valence-electron chi connectivity index (χ1n) is 7.42. The Morgan fingerprint density at radius 3 is 2.84 bits per heavy atom. The molecule has 0 radical (unpaired) electrons. The van der Waals surface area contributed by atoms with E-state index < -0.39 is 10.9 Å². The molecular formula is C17H15N3O5. The van der Waals surface area contributed by atoms with E-state index in [2.05, 4.69) is 9.72 Å². The van der Waals surface area contributed by atoms with Crippen molar-refractivity contribution in [1.29, 1.82) is 0 Å². The first kappa shape index (κ1) is 16.4. The van der Waals surface area contributed by atoms with Crippen LogP contribution in [0.2, 0.25) is 0 Å². The normalized spacial score (nSPS) is 10.6. The van der Waals surface area contributed by atoms with E-state index in [-0.39, 0.29) is 23.6 Å². The van der Waals surface area contributed by atoms with Gasteiger partial charge in [0.2, 0.25) is 0 Å². The van der Waals surface area contributed by atoms with Gasteiger partial charge >= 0.3 is 11.7 Å². The summed E-state index contributed by atoms with van der Waals surface area (Å²) in [6, 6.07) is 7.79. The second kappa shape index (κ2) is 6.60. The lowest BCUT2D eigenvalue weighted by Crippen LogP contribution is -2.04. The fourth-order valence-corrected chi connectivity index (χ4v) is 2.45. The summed E-state index contributed by atoms with van der Waals surface area (Å²) < 4.78 is 12.0. The highest BCUT2D eigenvalue weighted by atomic mass is 16.6. The average Bonchev–Trinajstić information content (AvgIpc) is 3.03. The Morgan fingerprint density at radius 2 is 2.16 bits per heavy atom. The van der Waals surface area contributed by atoms with Crippen LogP contribution in [-0.2, 0) is 11.3 Å². The molecule has 0 aliphatic heterocycles. The molecule has 128 valence electrons. The molecule has 8 heteroatoms. The van der Waals surface area contributed by atoms with Gasteiger partial charge in [0.05, 0.1) is 23.3 Å². The first-order valence-corrected chi connectivity index (χ1v) is 7.42. The highest BCUT2D eigenvalue weighted by Gasteiger charge is 2.19. The van der Waals surface area contributed by atoms with Gasteiger partial charge in [-0.3, -0.25) is 10.1 Å². The van der Waals surface area contributed by atoms with E-state index in [9.17, 15) is 14.9 Å². The lowest BCUT2D eigenvalue weighted by molar-refractivity contribution is -0.386. The molecule has 2 heterocycles. The minimum atomic E-state index is -0.648. The number of nitro groups is 1. The van der Waals surface area contributed by atoms with E-state index >= 15 is 0 Å². The molecule has 0 spiro atoms. The fraction of sp³-hybridized carbons (Fsp3) is 0.176. The molecule has 3 aromatic rings. The number of aromatic nitrogens is 2. The minimum absolute atomic E-state index is 0.0615. The number of fused-ring (bicyclic) bond motifs is 1. The number of imidazole rings is 1. The standard InChI is InChI=1S/C17H15N3O5/c1-11-4-3-7-19-9-13(18-16(11)19)10-25-15-6-5-12(17(21)24-2)8-14(15)20(22)23/h3-9H,10H2,1-2H3. The molecule has 0 atom stereocenters. The van der Waals surface area contributed by atoms with Gasteiger partial charge in [0, 0.05) is 18.5 Å². The molecule has 0 unspecified atom stereocenters. The number of nitrogens with zero attached hydrogens (tertiary/aromatic N) is 3. The molecule has 0 saturated heterocycles. The minimum Gasteiger partial charge on any atom is -0.480 e. The van der Waals surface area contributed by atoms with Gasteiger partial charge in [-0.05, 0) is 30.7 Å². The Kier molecular flexibility index (Phi) is 4.34. The highest BCUT2D eigenvalue weighted by molar-refractivity contribution is 5.90. The van der Waals surface area contributed by atoms with Crippen molar-refractivity contribution in [2.45, 2.75) is 13.5 Å². The number of ether oxygens (including phenoxy) is 2. The summed E-state index contributed by atoms with van der Waals surface area (Å²) >= 11 is 0. The molecule has 25 heavy (non-hydrogen) atoms. The molecule has 8 nitrogen and oxygen atoms in total. The van der Waals surface area contributed by atoms with Crippen LogP contribution in [0.1, 0.15) is 21.6 Å². The zero-order valence-corrected chi connectivity index (χ0v) is 13.6. The molecule has 3 rings (SSSR count). The van der Waals surface area contributed by atoms with Crippen molar-refractivity contribution in [1.82, 2.24) is 9.38 Å². The molecular weight excluding hydrogens is 326 g/mol. The lowest BCUT2D eigenvalue weighted by Gasteiger charge is -2.06. The van der Waals surface area contributed by atoms with Gasteiger partial charge < -0.3 is 13.9 Å². The molecule has 0 N–H and O–H groups in total. The van der Waals surface area contributed by atoms with Crippen LogP contribution >= 0.6 is 0 Å². The molecule has 0 saturated carbocycles. The third-order valence-corrected chi connectivity index (χ3v) is 3.68. The maximum absolute atomic E-state index is 11.5. The van der Waals surface area contributed by atoms with Crippen LogP contribution in [0.25, 0.3) is 5.65 Å². The first-order chi connectivity index (χ1) is 12.0. The molecule has 0 aliphatic carbocycles. The molecule has 0 amide bonds. The van der Waals surface area contributed by atoms with Gasteiger partial charge in [-0.25, -0.2) is 9.78 Å².